The Balaban J connectivity index is 1.80. The number of hydrogen-bond acceptors (Lipinski definition) is 5. The number of nitrogens with two attached hydrogens (primary N) is 1. The number of nitrogens with zero attached hydrogens (tertiary/aromatic N) is 2. The van der Waals surface area contributed by atoms with Crippen molar-refractivity contribution in [2.24, 2.45) is 0 Å². The zero-order valence-corrected chi connectivity index (χ0v) is 16.4. The first-order valence-corrected chi connectivity index (χ1v) is 10.6. The molecule has 4 N–H and O–H groups in total. The molecule has 0 aliphatic heterocycles. The lowest BCUT2D eigenvalue weighted by molar-refractivity contribution is 0.102. The number of nitrogen functional groups attached to an aromatic ring is 1. The Morgan fingerprint density at radius 1 is 1.07 bits per heavy atom. The lowest BCUT2D eigenvalue weighted by Crippen LogP contribution is -2.17. The summed E-state index contributed by atoms with van der Waals surface area (Å²) in [6.07, 6.45) is 3.05. The summed E-state index contributed by atoms with van der Waals surface area (Å²) in [5.41, 5.74) is 9.63. The monoisotopic (exact) mass is 395 g/mol. The zero-order valence-electron chi connectivity index (χ0n) is 15.6. The number of amides is 1. The molecule has 28 heavy (non-hydrogen) atoms. The molecule has 144 valence electrons. The minimum absolute atomic E-state index is 0.0504. The first kappa shape index (κ1) is 19.4. The molecule has 7 nitrogen and oxygen atoms in total. The van der Waals surface area contributed by atoms with Crippen LogP contribution in [0.15, 0.2) is 54.7 Å². The number of aromatic nitrogens is 2. The molecule has 0 bridgehead atoms. The molecule has 0 aliphatic rings. The Bertz CT molecular complexity index is 1110. The van der Waals surface area contributed by atoms with Crippen molar-refractivity contribution in [3.05, 3.63) is 66.0 Å². The summed E-state index contributed by atoms with van der Waals surface area (Å²) in [7, 11) is -2.37. The van der Waals surface area contributed by atoms with Gasteiger partial charge in [-0.05, 0) is 37.1 Å². The molecule has 8 heteroatoms. The van der Waals surface area contributed by atoms with Crippen molar-refractivity contribution < 1.29 is 9.00 Å². The predicted octanol–water partition coefficient (Wildman–Crippen LogP) is 2.96. The molecule has 0 aliphatic carbocycles. The van der Waals surface area contributed by atoms with E-state index in [0.29, 0.717) is 17.1 Å². The second kappa shape index (κ2) is 7.69. The summed E-state index contributed by atoms with van der Waals surface area (Å²) in [4.78, 5) is 21.1. The Hall–Kier alpha value is -3.39. The van der Waals surface area contributed by atoms with Gasteiger partial charge in [0.05, 0.1) is 11.9 Å². The summed E-state index contributed by atoms with van der Waals surface area (Å²) >= 11 is 0. The van der Waals surface area contributed by atoms with Gasteiger partial charge in [0, 0.05) is 32.9 Å². The number of benzene rings is 2. The Morgan fingerprint density at radius 3 is 2.29 bits per heavy atom. The maximum atomic E-state index is 12.6. The molecule has 0 spiro atoms. The third-order valence-electron chi connectivity index (χ3n) is 3.84. The van der Waals surface area contributed by atoms with E-state index in [1.165, 1.54) is 12.5 Å². The van der Waals surface area contributed by atoms with Crippen LogP contribution >= 0.6 is 0 Å². The van der Waals surface area contributed by atoms with Crippen LogP contribution in [0.4, 0.5) is 17.2 Å². The lowest BCUT2D eigenvalue weighted by Gasteiger charge is -2.10. The topological polar surface area (TPSA) is 110 Å². The van der Waals surface area contributed by atoms with Crippen LogP contribution in [-0.2, 0) is 9.71 Å². The molecule has 2 aromatic carbocycles. The van der Waals surface area contributed by atoms with Crippen molar-refractivity contribution in [2.45, 2.75) is 6.92 Å². The molecular weight excluding hydrogens is 374 g/mol. The molecular formula is C20H21N5O2S. The van der Waals surface area contributed by atoms with Crippen LogP contribution in [0.2, 0.25) is 0 Å². The highest BCUT2D eigenvalue weighted by atomic mass is 32.2. The zero-order chi connectivity index (χ0) is 20.3. The van der Waals surface area contributed by atoms with Crippen LogP contribution in [0.1, 0.15) is 16.1 Å². The van der Waals surface area contributed by atoms with E-state index in [2.05, 4.69) is 25.9 Å². The fourth-order valence-electron chi connectivity index (χ4n) is 2.49. The lowest BCUT2D eigenvalue weighted by atomic mass is 10.1. The fraction of sp³-hybridized carbons (Fsp3) is 0.100. The van der Waals surface area contributed by atoms with Gasteiger partial charge in [-0.3, -0.25) is 4.79 Å². The molecule has 0 saturated carbocycles. The summed E-state index contributed by atoms with van der Waals surface area (Å²) < 4.78 is 14.5. The van der Waals surface area contributed by atoms with Gasteiger partial charge < -0.3 is 15.8 Å². The quantitative estimate of drug-likeness (QED) is 0.575. The van der Waals surface area contributed by atoms with Crippen LogP contribution in [0, 0.1) is 6.92 Å². The van der Waals surface area contributed by atoms with Crippen LogP contribution in [0.5, 0.6) is 0 Å². The molecule has 1 atom stereocenters. The van der Waals surface area contributed by atoms with Crippen molar-refractivity contribution >= 4 is 38.7 Å². The van der Waals surface area contributed by atoms with E-state index in [9.17, 15) is 9.00 Å². The highest BCUT2D eigenvalue weighted by Crippen LogP contribution is 2.20. The predicted molar refractivity (Wildman–Crippen MR) is 116 cm³/mol. The van der Waals surface area contributed by atoms with E-state index in [1.54, 1.807) is 24.3 Å². The number of carbonyl (C=O) groups is 1. The van der Waals surface area contributed by atoms with Crippen molar-refractivity contribution in [1.29, 1.82) is 0 Å². The number of rotatable bonds is 5. The highest BCUT2D eigenvalue weighted by Gasteiger charge is 2.15. The Labute approximate surface area is 164 Å². The van der Waals surface area contributed by atoms with Gasteiger partial charge in [0.2, 0.25) is 0 Å². The standard InChI is InChI=1S/C20H21N5O2S/c1-13-4-6-14(7-5-13)17-12-22-19(21)18(24-17)20(26)23-15-8-10-16(11-9-15)25-28(2,3)27/h4-12H,2H2,1,3H3,(H2,21,22)(H,23,26)(H,25,27). The van der Waals surface area contributed by atoms with E-state index in [0.717, 1.165) is 11.1 Å². The van der Waals surface area contributed by atoms with Crippen LogP contribution in [0.3, 0.4) is 0 Å². The van der Waals surface area contributed by atoms with Crippen LogP contribution in [-0.4, -0.2) is 32.2 Å². The van der Waals surface area contributed by atoms with E-state index >= 15 is 0 Å². The molecule has 1 aromatic heterocycles. The number of nitrogens with one attached hydrogen (secondary N) is 2. The first-order valence-electron chi connectivity index (χ1n) is 8.42. The number of carbonyl (C=O) groups excluding carboxylic acids is 1. The SMILES string of the molecule is C=S(C)(=O)Nc1ccc(NC(=O)c2nc(-c3ccc(C)cc3)cnc2N)cc1. The van der Waals surface area contributed by atoms with E-state index in [4.69, 9.17) is 5.73 Å². The number of aryl methyl sites for hydroxylation is 1. The molecule has 0 fully saturated rings. The second-order valence-electron chi connectivity index (χ2n) is 6.49. The fourth-order valence-corrected chi connectivity index (χ4v) is 3.12. The summed E-state index contributed by atoms with van der Waals surface area (Å²) in [6, 6.07) is 14.5. The van der Waals surface area contributed by atoms with Crippen LogP contribution < -0.4 is 15.8 Å². The van der Waals surface area contributed by atoms with Crippen molar-refractivity contribution in [1.82, 2.24) is 9.97 Å². The Morgan fingerprint density at radius 2 is 1.68 bits per heavy atom. The van der Waals surface area contributed by atoms with Crippen LogP contribution in [0.25, 0.3) is 11.3 Å². The molecule has 0 saturated heterocycles. The molecule has 3 rings (SSSR count). The van der Waals surface area contributed by atoms with Crippen molar-refractivity contribution in [2.75, 3.05) is 22.0 Å². The summed E-state index contributed by atoms with van der Waals surface area (Å²) in [5.74, 6) is 3.13. The molecule has 1 heterocycles. The first-order chi connectivity index (χ1) is 13.2. The normalized spacial score (nSPS) is 12.8. The van der Waals surface area contributed by atoms with Gasteiger partial charge in [-0.25, -0.2) is 14.2 Å². The number of hydrogen-bond donors (Lipinski definition) is 3. The highest BCUT2D eigenvalue weighted by molar-refractivity contribution is 8.00. The minimum atomic E-state index is -2.37. The van der Waals surface area contributed by atoms with Crippen molar-refractivity contribution in [3.63, 3.8) is 0 Å². The van der Waals surface area contributed by atoms with Gasteiger partial charge in [0.15, 0.2) is 11.5 Å². The molecule has 1 amide bonds. The summed E-state index contributed by atoms with van der Waals surface area (Å²) in [6.45, 7) is 1.99. The smallest absolute Gasteiger partial charge is 0.278 e. The third kappa shape index (κ3) is 4.86. The van der Waals surface area contributed by atoms with Crippen molar-refractivity contribution in [3.8, 4) is 11.3 Å². The third-order valence-corrected chi connectivity index (χ3v) is 4.51. The van der Waals surface area contributed by atoms with Gasteiger partial charge in [0.25, 0.3) is 5.91 Å². The van der Waals surface area contributed by atoms with Gasteiger partial charge in [0.1, 0.15) is 0 Å². The minimum Gasteiger partial charge on any atom is -0.382 e. The summed E-state index contributed by atoms with van der Waals surface area (Å²) in [5, 5.41) is 2.74. The molecule has 3 aromatic rings. The van der Waals surface area contributed by atoms with Gasteiger partial charge >= 0.3 is 0 Å². The molecule has 0 radical (unpaired) electrons. The van der Waals surface area contributed by atoms with Gasteiger partial charge in [-0.2, -0.15) is 0 Å². The maximum absolute atomic E-state index is 12.6. The maximum Gasteiger partial charge on any atom is 0.278 e. The largest absolute Gasteiger partial charge is 0.382 e. The second-order valence-corrected chi connectivity index (χ2v) is 8.71. The van der Waals surface area contributed by atoms with E-state index < -0.39 is 15.6 Å². The Kier molecular flexibility index (Phi) is 5.32. The number of anilines is 3. The van der Waals surface area contributed by atoms with E-state index in [-0.39, 0.29) is 11.5 Å². The average Bonchev–Trinajstić information content (AvgIpc) is 2.63. The van der Waals surface area contributed by atoms with Gasteiger partial charge in [-0.15, -0.1) is 0 Å². The molecule has 1 unspecified atom stereocenters. The van der Waals surface area contributed by atoms with E-state index in [1.807, 2.05) is 31.2 Å². The average molecular weight is 395 g/mol. The van der Waals surface area contributed by atoms with Gasteiger partial charge in [-0.1, -0.05) is 29.8 Å².